The van der Waals surface area contributed by atoms with E-state index in [9.17, 15) is 9.59 Å². The Morgan fingerprint density at radius 3 is 2.93 bits per heavy atom. The first-order valence-electron chi connectivity index (χ1n) is 10.3. The van der Waals surface area contributed by atoms with E-state index in [1.165, 1.54) is 35.1 Å². The molecule has 2 aliphatic rings. The van der Waals surface area contributed by atoms with Gasteiger partial charge >= 0.3 is 5.97 Å². The molecule has 1 unspecified atom stereocenters. The number of carbonyl (C=O) groups excluding carboxylic acids is 2. The number of nitrogens with one attached hydrogen (secondary N) is 1. The number of aryl methyl sites for hydroxylation is 2. The molecule has 0 bridgehead atoms. The summed E-state index contributed by atoms with van der Waals surface area (Å²) in [5, 5.41) is 12.8. The molecule has 0 saturated carbocycles. The van der Waals surface area contributed by atoms with E-state index in [0.29, 0.717) is 17.1 Å². The number of rotatable bonds is 8. The molecule has 2 aromatic heterocycles. The largest absolute Gasteiger partial charge is 0.465 e. The van der Waals surface area contributed by atoms with Crippen molar-refractivity contribution in [3.05, 3.63) is 21.8 Å². The quantitative estimate of drug-likeness (QED) is 0.488. The van der Waals surface area contributed by atoms with Gasteiger partial charge < -0.3 is 19.4 Å². The summed E-state index contributed by atoms with van der Waals surface area (Å²) in [6.07, 6.45) is 5.90. The summed E-state index contributed by atoms with van der Waals surface area (Å²) >= 11 is 2.84. The van der Waals surface area contributed by atoms with Crippen LogP contribution < -0.4 is 5.32 Å². The standard InChI is InChI=1S/C20H26N4O4S2/c1-3-15-22-23-20(24(15)10-12-6-5-9-28-12)29-11-16(25)21-18-17(19(26)27-2)13-7-4-8-14(13)30-18/h12H,3-11H2,1-2H3,(H,21,25). The van der Waals surface area contributed by atoms with Crippen LogP contribution in [0.5, 0.6) is 0 Å². The maximum Gasteiger partial charge on any atom is 0.341 e. The van der Waals surface area contributed by atoms with Crippen LogP contribution in [0.3, 0.4) is 0 Å². The van der Waals surface area contributed by atoms with Gasteiger partial charge in [0.05, 0.1) is 31.1 Å². The molecule has 2 aromatic rings. The van der Waals surface area contributed by atoms with Gasteiger partial charge in [0.1, 0.15) is 10.8 Å². The highest BCUT2D eigenvalue weighted by Crippen LogP contribution is 2.39. The van der Waals surface area contributed by atoms with Gasteiger partial charge in [0.25, 0.3) is 0 Å². The number of thiophene rings is 1. The average Bonchev–Trinajstić information content (AvgIpc) is 3.51. The maximum absolute atomic E-state index is 12.6. The molecule has 1 N–H and O–H groups in total. The third-order valence-electron chi connectivity index (χ3n) is 5.42. The van der Waals surface area contributed by atoms with Crippen LogP contribution >= 0.6 is 23.1 Å². The van der Waals surface area contributed by atoms with Crippen molar-refractivity contribution in [2.45, 2.75) is 63.3 Å². The second-order valence-electron chi connectivity index (χ2n) is 7.39. The number of methoxy groups -OCH3 is 1. The third kappa shape index (κ3) is 4.40. The molecular weight excluding hydrogens is 424 g/mol. The van der Waals surface area contributed by atoms with Gasteiger partial charge in [-0.2, -0.15) is 0 Å². The molecular formula is C20H26N4O4S2. The molecule has 1 aliphatic carbocycles. The Morgan fingerprint density at radius 1 is 1.33 bits per heavy atom. The molecule has 10 heteroatoms. The Balaban J connectivity index is 1.42. The highest BCUT2D eigenvalue weighted by Gasteiger charge is 2.28. The van der Waals surface area contributed by atoms with Crippen LogP contribution in [0, 0.1) is 0 Å². The normalized spacial score (nSPS) is 17.9. The summed E-state index contributed by atoms with van der Waals surface area (Å²) in [4.78, 5) is 26.1. The van der Waals surface area contributed by atoms with Gasteiger partial charge in [-0.3, -0.25) is 4.79 Å². The number of fused-ring (bicyclic) bond motifs is 1. The second kappa shape index (κ2) is 9.49. The highest BCUT2D eigenvalue weighted by atomic mass is 32.2. The molecule has 0 spiro atoms. The fourth-order valence-electron chi connectivity index (χ4n) is 3.97. The molecule has 4 rings (SSSR count). The lowest BCUT2D eigenvalue weighted by molar-refractivity contribution is -0.113. The molecule has 1 aliphatic heterocycles. The Kier molecular flexibility index (Phi) is 6.74. The number of amides is 1. The molecule has 8 nitrogen and oxygen atoms in total. The third-order valence-corrected chi connectivity index (χ3v) is 7.59. The zero-order valence-electron chi connectivity index (χ0n) is 17.2. The van der Waals surface area contributed by atoms with Crippen molar-refractivity contribution in [3.63, 3.8) is 0 Å². The van der Waals surface area contributed by atoms with Crippen molar-refractivity contribution in [2.24, 2.45) is 0 Å². The minimum Gasteiger partial charge on any atom is -0.465 e. The van der Waals surface area contributed by atoms with E-state index in [2.05, 4.69) is 20.1 Å². The number of thioether (sulfide) groups is 1. The van der Waals surface area contributed by atoms with E-state index in [1.54, 1.807) is 0 Å². The lowest BCUT2D eigenvalue weighted by Gasteiger charge is -2.14. The van der Waals surface area contributed by atoms with Gasteiger partial charge in [0.15, 0.2) is 5.16 Å². The molecule has 1 atom stereocenters. The maximum atomic E-state index is 12.6. The fraction of sp³-hybridized carbons (Fsp3) is 0.600. The minimum absolute atomic E-state index is 0.171. The van der Waals surface area contributed by atoms with Crippen molar-refractivity contribution in [2.75, 3.05) is 24.8 Å². The van der Waals surface area contributed by atoms with Crippen LogP contribution in [0.4, 0.5) is 5.00 Å². The zero-order chi connectivity index (χ0) is 21.1. The molecule has 30 heavy (non-hydrogen) atoms. The summed E-state index contributed by atoms with van der Waals surface area (Å²) < 4.78 is 12.8. The monoisotopic (exact) mass is 450 g/mol. The molecule has 0 radical (unpaired) electrons. The van der Waals surface area contributed by atoms with Crippen molar-refractivity contribution in [3.8, 4) is 0 Å². The molecule has 162 valence electrons. The van der Waals surface area contributed by atoms with Crippen molar-refractivity contribution < 1.29 is 19.1 Å². The summed E-state index contributed by atoms with van der Waals surface area (Å²) in [6, 6.07) is 0. The number of aromatic nitrogens is 3. The highest BCUT2D eigenvalue weighted by molar-refractivity contribution is 7.99. The molecule has 0 aromatic carbocycles. The van der Waals surface area contributed by atoms with Crippen molar-refractivity contribution in [1.29, 1.82) is 0 Å². The molecule has 3 heterocycles. The minimum atomic E-state index is -0.388. The number of hydrogen-bond acceptors (Lipinski definition) is 8. The van der Waals surface area contributed by atoms with Crippen molar-refractivity contribution in [1.82, 2.24) is 14.8 Å². The van der Waals surface area contributed by atoms with Gasteiger partial charge in [0, 0.05) is 17.9 Å². The molecule has 1 amide bonds. The van der Waals surface area contributed by atoms with Gasteiger partial charge in [0.2, 0.25) is 5.91 Å². The lowest BCUT2D eigenvalue weighted by Crippen LogP contribution is -2.19. The smallest absolute Gasteiger partial charge is 0.341 e. The van der Waals surface area contributed by atoms with Gasteiger partial charge in [-0.1, -0.05) is 18.7 Å². The fourth-order valence-corrected chi connectivity index (χ4v) is 6.03. The zero-order valence-corrected chi connectivity index (χ0v) is 18.9. The van der Waals surface area contributed by atoms with Crippen LogP contribution in [-0.2, 0) is 40.1 Å². The summed E-state index contributed by atoms with van der Waals surface area (Å²) in [7, 11) is 1.37. The predicted molar refractivity (Wildman–Crippen MR) is 115 cm³/mol. The van der Waals surface area contributed by atoms with E-state index in [1.807, 2.05) is 6.92 Å². The summed E-state index contributed by atoms with van der Waals surface area (Å²) in [5.41, 5.74) is 1.54. The number of esters is 1. The summed E-state index contributed by atoms with van der Waals surface area (Å²) in [5.74, 6) is 0.531. The Hall–Kier alpha value is -1.91. The molecule has 1 saturated heterocycles. The van der Waals surface area contributed by atoms with Crippen LogP contribution in [-0.4, -0.2) is 52.2 Å². The first-order valence-corrected chi connectivity index (χ1v) is 12.1. The van der Waals surface area contributed by atoms with Gasteiger partial charge in [-0.15, -0.1) is 21.5 Å². The number of hydrogen-bond donors (Lipinski definition) is 1. The van der Waals surface area contributed by atoms with Crippen molar-refractivity contribution >= 4 is 40.0 Å². The topological polar surface area (TPSA) is 95.3 Å². The Morgan fingerprint density at radius 2 is 2.20 bits per heavy atom. The van der Waals surface area contributed by atoms with Crippen LogP contribution in [0.25, 0.3) is 0 Å². The van der Waals surface area contributed by atoms with E-state index in [0.717, 1.165) is 61.7 Å². The number of anilines is 1. The van der Waals surface area contributed by atoms with Gasteiger partial charge in [-0.05, 0) is 37.7 Å². The van der Waals surface area contributed by atoms with Crippen LogP contribution in [0.15, 0.2) is 5.16 Å². The van der Waals surface area contributed by atoms with Crippen LogP contribution in [0.2, 0.25) is 0 Å². The number of ether oxygens (including phenoxy) is 2. The SMILES string of the molecule is CCc1nnc(SCC(=O)Nc2sc3c(c2C(=O)OC)CCC3)n1CC1CCCO1. The molecule has 1 fully saturated rings. The average molecular weight is 451 g/mol. The predicted octanol–water partition coefficient (Wildman–Crippen LogP) is 3.09. The van der Waals surface area contributed by atoms with Gasteiger partial charge in [-0.25, -0.2) is 4.79 Å². The lowest BCUT2D eigenvalue weighted by atomic mass is 10.1. The summed E-state index contributed by atoms with van der Waals surface area (Å²) in [6.45, 7) is 3.55. The first-order chi connectivity index (χ1) is 14.6. The first kappa shape index (κ1) is 21.3. The second-order valence-corrected chi connectivity index (χ2v) is 9.44. The Bertz CT molecular complexity index is 934. The van der Waals surface area contributed by atoms with Crippen LogP contribution in [0.1, 0.15) is 52.8 Å². The van der Waals surface area contributed by atoms with E-state index in [-0.39, 0.29) is 23.7 Å². The number of nitrogens with zero attached hydrogens (tertiary/aromatic N) is 3. The Labute approximate surface area is 183 Å². The van der Waals surface area contributed by atoms with E-state index >= 15 is 0 Å². The number of carbonyl (C=O) groups is 2. The van der Waals surface area contributed by atoms with E-state index < -0.39 is 0 Å². The van der Waals surface area contributed by atoms with E-state index in [4.69, 9.17) is 9.47 Å².